The smallest absolute Gasteiger partial charge is 0.294 e. The molecule has 1 aliphatic heterocycles. The zero-order chi connectivity index (χ0) is 24.3. The molecular weight excluding hydrogens is 575 g/mol. The van der Waals surface area contributed by atoms with Crippen LogP contribution in [-0.4, -0.2) is 85.4 Å². The average Bonchev–Trinajstić information content (AvgIpc) is 3.34. The first-order valence-corrected chi connectivity index (χ1v) is 11.8. The fourth-order valence-corrected chi connectivity index (χ4v) is 5.08. The van der Waals surface area contributed by atoms with Crippen LogP contribution in [0.3, 0.4) is 0 Å². The molecule has 0 saturated carbocycles. The van der Waals surface area contributed by atoms with Crippen LogP contribution in [0.15, 0.2) is 48.8 Å². The Balaban J connectivity index is 1.55. The van der Waals surface area contributed by atoms with Gasteiger partial charge in [-0.05, 0) is 24.3 Å². The van der Waals surface area contributed by atoms with Crippen LogP contribution in [0.2, 0.25) is 5.02 Å². The van der Waals surface area contributed by atoms with E-state index in [-0.39, 0.29) is 43.0 Å². The van der Waals surface area contributed by atoms with E-state index in [0.717, 1.165) is 0 Å². The molecule has 3 heterocycles. The average molecular weight is 597 g/mol. The molecule has 1 unspecified atom stereocenters. The number of nitrogens with zero attached hydrogens (tertiary/aromatic N) is 6. The third kappa shape index (κ3) is 5.00. The first-order chi connectivity index (χ1) is 16.3. The minimum atomic E-state index is -0.822. The molecule has 178 valence electrons. The summed E-state index contributed by atoms with van der Waals surface area (Å²) in [4.78, 5) is 38.3. The molecule has 1 fully saturated rings. The zero-order valence-corrected chi connectivity index (χ0v) is 21.4. The number of pyridine rings is 1. The van der Waals surface area contributed by atoms with Gasteiger partial charge in [0.15, 0.2) is 0 Å². The number of carbonyl (C=O) groups is 2. The lowest BCUT2D eigenvalue weighted by Crippen LogP contribution is -2.63. The van der Waals surface area contributed by atoms with Gasteiger partial charge in [0, 0.05) is 31.3 Å². The molecule has 0 N–H and O–H groups in total. The number of aromatic nitrogens is 4. The third-order valence-electron chi connectivity index (χ3n) is 5.32. The van der Waals surface area contributed by atoms with Crippen LogP contribution in [0, 0.1) is 0 Å². The normalized spacial score (nSPS) is 18.1. The lowest BCUT2D eigenvalue weighted by molar-refractivity contribution is 0.0137. The van der Waals surface area contributed by atoms with Gasteiger partial charge in [-0.2, -0.15) is 0 Å². The van der Waals surface area contributed by atoms with Crippen LogP contribution in [0.1, 0.15) is 21.1 Å². The molecule has 10 nitrogen and oxygen atoms in total. The Labute approximate surface area is 215 Å². The monoisotopic (exact) mass is 596 g/mol. The van der Waals surface area contributed by atoms with E-state index >= 15 is 0 Å². The van der Waals surface area contributed by atoms with Gasteiger partial charge in [0.05, 0.1) is 25.9 Å². The number of rotatable bonds is 6. The van der Waals surface area contributed by atoms with Gasteiger partial charge in [0.25, 0.3) is 11.8 Å². The van der Waals surface area contributed by atoms with Crippen LogP contribution in [0.25, 0.3) is 5.69 Å². The Morgan fingerprint density at radius 1 is 1.15 bits per heavy atom. The van der Waals surface area contributed by atoms with Crippen LogP contribution in [0.5, 0.6) is 5.88 Å². The standard InChI is InChI=1S/C22H22ClIN6O4/c1-33-13-22(24)12-28(20(31)17-7-4-8-18(26-17)34-2)9-10-29(22)21(32)19-25-14-30(27-19)16-6-3-5-15(23)11-16/h3-8,11,14H,9-10,12-13H2,1-2H3. The number of carbonyl (C=O) groups excluding carboxylic acids is 2. The van der Waals surface area contributed by atoms with E-state index in [1.807, 2.05) is 6.07 Å². The number of piperazine rings is 1. The molecule has 0 aliphatic carbocycles. The predicted molar refractivity (Wildman–Crippen MR) is 133 cm³/mol. The lowest BCUT2D eigenvalue weighted by Gasteiger charge is -2.46. The molecule has 1 aliphatic rings. The summed E-state index contributed by atoms with van der Waals surface area (Å²) < 4.78 is 11.2. The minimum Gasteiger partial charge on any atom is -0.481 e. The summed E-state index contributed by atoms with van der Waals surface area (Å²) >= 11 is 8.22. The highest BCUT2D eigenvalue weighted by atomic mass is 127. The molecule has 1 saturated heterocycles. The van der Waals surface area contributed by atoms with E-state index < -0.39 is 3.55 Å². The fraction of sp³-hybridized carbons (Fsp3) is 0.318. The molecule has 34 heavy (non-hydrogen) atoms. The second-order valence-corrected chi connectivity index (χ2v) is 10.0. The Morgan fingerprint density at radius 2 is 1.94 bits per heavy atom. The van der Waals surface area contributed by atoms with Crippen LogP contribution in [0.4, 0.5) is 0 Å². The first kappa shape index (κ1) is 24.4. The maximum atomic E-state index is 13.4. The molecule has 0 radical (unpaired) electrons. The van der Waals surface area contributed by atoms with Crippen molar-refractivity contribution in [3.05, 3.63) is 65.3 Å². The Bertz CT molecular complexity index is 1210. The molecular formula is C22H22ClIN6O4. The van der Waals surface area contributed by atoms with Crippen molar-refractivity contribution in [2.45, 2.75) is 3.55 Å². The molecule has 0 bridgehead atoms. The van der Waals surface area contributed by atoms with Crippen molar-refractivity contribution in [3.63, 3.8) is 0 Å². The largest absolute Gasteiger partial charge is 0.481 e. The molecule has 1 aromatic carbocycles. The number of benzene rings is 1. The summed E-state index contributed by atoms with van der Waals surface area (Å²) in [6.45, 7) is 1.07. The van der Waals surface area contributed by atoms with Gasteiger partial charge in [-0.25, -0.2) is 14.6 Å². The van der Waals surface area contributed by atoms with Crippen LogP contribution < -0.4 is 4.74 Å². The Morgan fingerprint density at radius 3 is 2.68 bits per heavy atom. The number of ether oxygens (including phenoxy) is 2. The first-order valence-electron chi connectivity index (χ1n) is 10.3. The quantitative estimate of drug-likeness (QED) is 0.245. The summed E-state index contributed by atoms with van der Waals surface area (Å²) in [5.41, 5.74) is 0.968. The predicted octanol–water partition coefficient (Wildman–Crippen LogP) is 2.70. The van der Waals surface area contributed by atoms with Crippen molar-refractivity contribution in [1.29, 1.82) is 0 Å². The Kier molecular flexibility index (Phi) is 7.33. The summed E-state index contributed by atoms with van der Waals surface area (Å²) in [5, 5.41) is 4.90. The van der Waals surface area contributed by atoms with Crippen LogP contribution >= 0.6 is 34.2 Å². The van der Waals surface area contributed by atoms with E-state index in [9.17, 15) is 9.59 Å². The van der Waals surface area contributed by atoms with Gasteiger partial charge in [0.2, 0.25) is 11.7 Å². The van der Waals surface area contributed by atoms with E-state index in [1.165, 1.54) is 18.1 Å². The third-order valence-corrected chi connectivity index (χ3v) is 6.79. The second-order valence-electron chi connectivity index (χ2n) is 7.59. The fourth-order valence-electron chi connectivity index (χ4n) is 3.71. The van der Waals surface area contributed by atoms with Crippen molar-refractivity contribution in [2.75, 3.05) is 40.5 Å². The maximum absolute atomic E-state index is 13.4. The van der Waals surface area contributed by atoms with Gasteiger partial charge in [-0.15, -0.1) is 5.10 Å². The topological polar surface area (TPSA) is 103 Å². The van der Waals surface area contributed by atoms with Crippen molar-refractivity contribution in [1.82, 2.24) is 29.5 Å². The molecule has 0 spiro atoms. The van der Waals surface area contributed by atoms with E-state index in [2.05, 4.69) is 37.7 Å². The molecule has 4 rings (SSSR count). The van der Waals surface area contributed by atoms with Crippen molar-refractivity contribution < 1.29 is 19.1 Å². The summed E-state index contributed by atoms with van der Waals surface area (Å²) in [6.07, 6.45) is 1.47. The lowest BCUT2D eigenvalue weighted by atomic mass is 10.1. The minimum absolute atomic E-state index is 0.0476. The molecule has 2 amide bonds. The van der Waals surface area contributed by atoms with E-state index in [0.29, 0.717) is 23.1 Å². The SMILES string of the molecule is COCC1(I)CN(C(=O)c2cccc(OC)n2)CCN1C(=O)c1ncn(-c2cccc(Cl)c2)n1. The highest BCUT2D eigenvalue weighted by Crippen LogP contribution is 2.31. The van der Waals surface area contributed by atoms with Gasteiger partial charge < -0.3 is 19.3 Å². The molecule has 3 aromatic rings. The highest BCUT2D eigenvalue weighted by Gasteiger charge is 2.45. The van der Waals surface area contributed by atoms with Gasteiger partial charge in [-0.3, -0.25) is 9.59 Å². The number of hydrogen-bond donors (Lipinski definition) is 0. The maximum Gasteiger partial charge on any atom is 0.294 e. The zero-order valence-electron chi connectivity index (χ0n) is 18.5. The molecule has 1 atom stereocenters. The number of alkyl halides is 1. The number of hydrogen-bond acceptors (Lipinski definition) is 7. The Hall–Kier alpha value is -2.77. The van der Waals surface area contributed by atoms with Crippen LogP contribution in [-0.2, 0) is 4.74 Å². The molecule has 2 aromatic heterocycles. The van der Waals surface area contributed by atoms with Crippen molar-refractivity contribution >= 4 is 46.0 Å². The second kappa shape index (κ2) is 10.2. The summed E-state index contributed by atoms with van der Waals surface area (Å²) in [5.74, 6) is -0.185. The van der Waals surface area contributed by atoms with Gasteiger partial charge >= 0.3 is 0 Å². The number of amides is 2. The summed E-state index contributed by atoms with van der Waals surface area (Å²) in [6, 6.07) is 12.1. The van der Waals surface area contributed by atoms with Crippen molar-refractivity contribution in [3.8, 4) is 11.6 Å². The molecule has 12 heteroatoms. The number of methoxy groups -OCH3 is 2. The van der Waals surface area contributed by atoms with E-state index in [1.54, 1.807) is 53.3 Å². The van der Waals surface area contributed by atoms with Crippen molar-refractivity contribution in [2.24, 2.45) is 0 Å². The van der Waals surface area contributed by atoms with E-state index in [4.69, 9.17) is 21.1 Å². The number of halogens is 2. The highest BCUT2D eigenvalue weighted by molar-refractivity contribution is 14.1. The summed E-state index contributed by atoms with van der Waals surface area (Å²) in [7, 11) is 3.05. The van der Waals surface area contributed by atoms with Gasteiger partial charge in [-0.1, -0.05) is 46.3 Å². The van der Waals surface area contributed by atoms with Gasteiger partial charge in [0.1, 0.15) is 15.6 Å².